The summed E-state index contributed by atoms with van der Waals surface area (Å²) in [5.41, 5.74) is 9.01. The van der Waals surface area contributed by atoms with E-state index in [1.165, 1.54) is 79.4 Å². The van der Waals surface area contributed by atoms with Gasteiger partial charge in [-0.2, -0.15) is 0 Å². The first kappa shape index (κ1) is 31.8. The highest BCUT2D eigenvalue weighted by atomic mass is 16.2. The fraction of sp³-hybridized carbons (Fsp3) is 0.487. The maximum Gasteiger partial charge on any atom is 0.352 e. The SMILES string of the molecule is Cc1ccc(/C=N/C(=O)N(c2ccc(N(C)C)cc2C2CCCCCC2)c2ccc(N(C)C)cc2C2CCCCCC2)cc1. The summed E-state index contributed by atoms with van der Waals surface area (Å²) in [5, 5.41) is 0. The molecule has 2 aliphatic rings. The molecule has 3 aromatic carbocycles. The van der Waals surface area contributed by atoms with E-state index in [9.17, 15) is 4.79 Å². The summed E-state index contributed by atoms with van der Waals surface area (Å²) in [6.07, 6.45) is 16.5. The van der Waals surface area contributed by atoms with Gasteiger partial charge in [0, 0.05) is 45.8 Å². The molecule has 0 unspecified atom stereocenters. The van der Waals surface area contributed by atoms with Gasteiger partial charge < -0.3 is 9.80 Å². The van der Waals surface area contributed by atoms with Gasteiger partial charge in [0.25, 0.3) is 0 Å². The second kappa shape index (κ2) is 14.9. The highest BCUT2D eigenvalue weighted by molar-refractivity contribution is 6.06. The summed E-state index contributed by atoms with van der Waals surface area (Å²) in [6, 6.07) is 21.4. The van der Waals surface area contributed by atoms with Gasteiger partial charge >= 0.3 is 6.03 Å². The Morgan fingerprint density at radius 2 is 1.07 bits per heavy atom. The number of amides is 2. The number of aliphatic imine (C=N–C) groups is 1. The third-order valence-electron chi connectivity index (χ3n) is 9.72. The van der Waals surface area contributed by atoms with Crippen molar-refractivity contribution in [2.24, 2.45) is 4.99 Å². The Morgan fingerprint density at radius 3 is 1.48 bits per heavy atom. The third-order valence-corrected chi connectivity index (χ3v) is 9.72. The van der Waals surface area contributed by atoms with Crippen LogP contribution in [0, 0.1) is 6.92 Å². The van der Waals surface area contributed by atoms with Crippen molar-refractivity contribution >= 4 is 35.0 Å². The van der Waals surface area contributed by atoms with E-state index in [4.69, 9.17) is 0 Å². The zero-order valence-corrected chi connectivity index (χ0v) is 27.7. The van der Waals surface area contributed by atoms with Crippen LogP contribution < -0.4 is 14.7 Å². The monoisotopic (exact) mass is 592 g/mol. The first-order valence-electron chi connectivity index (χ1n) is 16.9. The van der Waals surface area contributed by atoms with Crippen LogP contribution in [-0.2, 0) is 0 Å². The lowest BCUT2D eigenvalue weighted by Gasteiger charge is -2.32. The average Bonchev–Trinajstić information content (AvgIpc) is 3.47. The molecule has 2 fully saturated rings. The number of aryl methyl sites for hydroxylation is 1. The molecule has 44 heavy (non-hydrogen) atoms. The second-order valence-electron chi connectivity index (χ2n) is 13.4. The molecule has 2 amide bonds. The largest absolute Gasteiger partial charge is 0.378 e. The van der Waals surface area contributed by atoms with Gasteiger partial charge in [0.05, 0.1) is 11.4 Å². The molecule has 0 heterocycles. The van der Waals surface area contributed by atoms with Gasteiger partial charge in [-0.1, -0.05) is 81.2 Å². The van der Waals surface area contributed by atoms with Gasteiger partial charge in [0.15, 0.2) is 0 Å². The second-order valence-corrected chi connectivity index (χ2v) is 13.4. The summed E-state index contributed by atoms with van der Waals surface area (Å²) in [7, 11) is 8.41. The van der Waals surface area contributed by atoms with Gasteiger partial charge in [-0.15, -0.1) is 0 Å². The molecule has 0 atom stereocenters. The number of urea groups is 1. The first-order chi connectivity index (χ1) is 21.3. The zero-order chi connectivity index (χ0) is 31.1. The normalized spacial score (nSPS) is 16.8. The third kappa shape index (κ3) is 7.72. The van der Waals surface area contributed by atoms with E-state index in [1.54, 1.807) is 6.21 Å². The lowest BCUT2D eigenvalue weighted by molar-refractivity contribution is 0.256. The Hall–Kier alpha value is -3.60. The predicted octanol–water partition coefficient (Wildman–Crippen LogP) is 10.4. The molecule has 2 saturated carbocycles. The summed E-state index contributed by atoms with van der Waals surface area (Å²) in [5.74, 6) is 0.845. The molecule has 0 N–H and O–H groups in total. The van der Waals surface area contributed by atoms with Crippen LogP contribution in [-0.4, -0.2) is 40.4 Å². The molecule has 0 bridgehead atoms. The molecule has 0 radical (unpaired) electrons. The fourth-order valence-electron chi connectivity index (χ4n) is 7.06. The summed E-state index contributed by atoms with van der Waals surface area (Å²) in [6.45, 7) is 2.08. The van der Waals surface area contributed by atoms with E-state index >= 15 is 0 Å². The van der Waals surface area contributed by atoms with Crippen molar-refractivity contribution in [2.45, 2.75) is 95.8 Å². The van der Waals surface area contributed by atoms with Gasteiger partial charge in [-0.3, -0.25) is 4.90 Å². The molecule has 0 aromatic heterocycles. The number of benzene rings is 3. The number of hydrogen-bond acceptors (Lipinski definition) is 3. The van der Waals surface area contributed by atoms with E-state index in [0.29, 0.717) is 11.8 Å². The molecule has 2 aliphatic carbocycles. The molecule has 234 valence electrons. The molecule has 0 saturated heterocycles. The average molecular weight is 593 g/mol. The van der Waals surface area contributed by atoms with Crippen molar-refractivity contribution in [1.29, 1.82) is 0 Å². The van der Waals surface area contributed by atoms with Crippen LogP contribution in [0.1, 0.15) is 111 Å². The van der Waals surface area contributed by atoms with Crippen LogP contribution in [0.15, 0.2) is 65.7 Å². The van der Waals surface area contributed by atoms with E-state index < -0.39 is 0 Å². The van der Waals surface area contributed by atoms with E-state index in [-0.39, 0.29) is 6.03 Å². The Labute approximate surface area is 266 Å². The van der Waals surface area contributed by atoms with Crippen molar-refractivity contribution in [3.05, 3.63) is 82.9 Å². The summed E-state index contributed by atoms with van der Waals surface area (Å²) in [4.78, 5) is 25.5. The highest BCUT2D eigenvalue weighted by Crippen LogP contribution is 2.45. The van der Waals surface area contributed by atoms with Crippen molar-refractivity contribution in [1.82, 2.24) is 0 Å². The smallest absolute Gasteiger partial charge is 0.352 e. The quantitative estimate of drug-likeness (QED) is 0.202. The minimum absolute atomic E-state index is 0.231. The molecular formula is C39H52N4O. The molecular weight excluding hydrogens is 540 g/mol. The summed E-state index contributed by atoms with van der Waals surface area (Å²) >= 11 is 0. The Bertz CT molecular complexity index is 1330. The molecule has 3 aromatic rings. The molecule has 5 rings (SSSR count). The lowest BCUT2D eigenvalue weighted by atomic mass is 9.87. The number of anilines is 4. The number of carbonyl (C=O) groups is 1. The van der Waals surface area contributed by atoms with Crippen LogP contribution in [0.25, 0.3) is 0 Å². The minimum atomic E-state index is -0.231. The maximum atomic E-state index is 14.5. The van der Waals surface area contributed by atoms with Crippen molar-refractivity contribution in [3.63, 3.8) is 0 Å². The number of carbonyl (C=O) groups excluding carboxylic acids is 1. The Morgan fingerprint density at radius 1 is 0.636 bits per heavy atom. The predicted molar refractivity (Wildman–Crippen MR) is 189 cm³/mol. The van der Waals surface area contributed by atoms with Gasteiger partial charge in [0.2, 0.25) is 0 Å². The number of hydrogen-bond donors (Lipinski definition) is 0. The van der Waals surface area contributed by atoms with Crippen LogP contribution in [0.4, 0.5) is 27.5 Å². The van der Waals surface area contributed by atoms with Crippen LogP contribution in [0.5, 0.6) is 0 Å². The number of rotatable bonds is 7. The van der Waals surface area contributed by atoms with Crippen LogP contribution in [0.2, 0.25) is 0 Å². The van der Waals surface area contributed by atoms with Crippen LogP contribution in [0.3, 0.4) is 0 Å². The van der Waals surface area contributed by atoms with E-state index in [1.807, 2.05) is 17.0 Å². The minimum Gasteiger partial charge on any atom is -0.378 e. The van der Waals surface area contributed by atoms with Gasteiger partial charge in [-0.25, -0.2) is 9.79 Å². The van der Waals surface area contributed by atoms with E-state index in [2.05, 4.69) is 98.4 Å². The van der Waals surface area contributed by atoms with Gasteiger partial charge in [-0.05, 0) is 97.5 Å². The lowest BCUT2D eigenvalue weighted by Crippen LogP contribution is -2.27. The van der Waals surface area contributed by atoms with E-state index in [0.717, 1.165) is 42.6 Å². The maximum absolute atomic E-state index is 14.5. The topological polar surface area (TPSA) is 39.2 Å². The molecule has 5 heteroatoms. The number of nitrogens with zero attached hydrogens (tertiary/aromatic N) is 4. The van der Waals surface area contributed by atoms with Crippen molar-refractivity contribution in [3.8, 4) is 0 Å². The summed E-state index contributed by atoms with van der Waals surface area (Å²) < 4.78 is 0. The fourth-order valence-corrected chi connectivity index (χ4v) is 7.06. The first-order valence-corrected chi connectivity index (χ1v) is 16.9. The molecule has 5 nitrogen and oxygen atoms in total. The van der Waals surface area contributed by atoms with Crippen molar-refractivity contribution in [2.75, 3.05) is 42.9 Å². The molecule has 0 spiro atoms. The zero-order valence-electron chi connectivity index (χ0n) is 27.7. The van der Waals surface area contributed by atoms with Crippen LogP contribution >= 0.6 is 0 Å². The molecule has 0 aliphatic heterocycles. The highest BCUT2D eigenvalue weighted by Gasteiger charge is 2.29. The standard InChI is InChI=1S/C39H52N4O/c1-29-18-20-30(21-19-29)28-40-39(44)43(37-24-22-33(41(2)3)26-35(37)31-14-10-6-7-11-15-31)38-25-23-34(42(4)5)27-36(38)32-16-12-8-9-13-17-32/h18-28,31-32H,6-17H2,1-5H3/b40-28+. The van der Waals surface area contributed by atoms with Gasteiger partial charge in [0.1, 0.15) is 0 Å². The van der Waals surface area contributed by atoms with Crippen molar-refractivity contribution < 1.29 is 4.79 Å². The Kier molecular flexibility index (Phi) is 10.8. The Balaban J connectivity index is 1.69.